The van der Waals surface area contributed by atoms with Crippen LogP contribution in [-0.2, 0) is 4.74 Å². The average Bonchev–Trinajstić information content (AvgIpc) is 2.72. The molecule has 0 saturated heterocycles. The fraction of sp³-hybridized carbons (Fsp3) is 0.333. The Balaban J connectivity index is 2.12. The average molecular weight is 470 g/mol. The molecular formula is C24H28FN5O4. The van der Waals surface area contributed by atoms with Gasteiger partial charge in [-0.3, -0.25) is 9.36 Å². The molecule has 1 aromatic heterocycles. The number of hydrogen-bond acceptors (Lipinski definition) is 5. The van der Waals surface area contributed by atoms with Crippen LogP contribution in [0.15, 0.2) is 47.3 Å². The SMILES string of the molecule is CCNC(=O)Nc1cccc(-n2c([C@H](C)NC(=O)OC(C)(C)C)nc3cc(F)ccc3c2=O)c1. The predicted molar refractivity (Wildman–Crippen MR) is 128 cm³/mol. The number of anilines is 1. The Morgan fingerprint density at radius 2 is 1.91 bits per heavy atom. The van der Waals surface area contributed by atoms with Crippen molar-refractivity contribution in [3.8, 4) is 5.69 Å². The Bertz CT molecular complexity index is 1280. The maximum Gasteiger partial charge on any atom is 0.408 e. The lowest BCUT2D eigenvalue weighted by Crippen LogP contribution is -2.37. The predicted octanol–water partition coefficient (Wildman–Crippen LogP) is 4.25. The van der Waals surface area contributed by atoms with Crippen molar-refractivity contribution in [2.24, 2.45) is 0 Å². The number of aromatic nitrogens is 2. The van der Waals surface area contributed by atoms with Gasteiger partial charge in [-0.25, -0.2) is 19.0 Å². The maximum atomic E-state index is 13.9. The Morgan fingerprint density at radius 3 is 2.59 bits per heavy atom. The van der Waals surface area contributed by atoms with Crippen LogP contribution in [0.25, 0.3) is 16.6 Å². The Morgan fingerprint density at radius 1 is 1.18 bits per heavy atom. The first-order valence-corrected chi connectivity index (χ1v) is 10.9. The molecule has 1 heterocycles. The van der Waals surface area contributed by atoms with Crippen molar-refractivity contribution in [1.29, 1.82) is 0 Å². The standard InChI is InChI=1S/C24H28FN5O4/c1-6-26-22(32)28-16-8-7-9-17(13-16)30-20(14(2)27-23(33)34-24(3,4)5)29-19-12-15(25)10-11-18(19)21(30)31/h7-14H,6H2,1-5H3,(H,27,33)(H2,26,28,32)/t14-/m0/s1. The van der Waals surface area contributed by atoms with Gasteiger partial charge in [0.2, 0.25) is 0 Å². The first kappa shape index (κ1) is 24.7. The fourth-order valence-corrected chi connectivity index (χ4v) is 3.32. The zero-order valence-corrected chi connectivity index (χ0v) is 19.7. The minimum Gasteiger partial charge on any atom is -0.444 e. The molecule has 2 aromatic carbocycles. The molecule has 3 aromatic rings. The van der Waals surface area contributed by atoms with E-state index in [1.807, 2.05) is 0 Å². The summed E-state index contributed by atoms with van der Waals surface area (Å²) in [5.41, 5.74) is -0.152. The van der Waals surface area contributed by atoms with Gasteiger partial charge in [0.15, 0.2) is 0 Å². The van der Waals surface area contributed by atoms with Gasteiger partial charge in [0.05, 0.1) is 22.6 Å². The third-order valence-electron chi connectivity index (χ3n) is 4.68. The van der Waals surface area contributed by atoms with Crippen LogP contribution in [0, 0.1) is 5.82 Å². The van der Waals surface area contributed by atoms with Gasteiger partial charge in [-0.2, -0.15) is 0 Å². The van der Waals surface area contributed by atoms with Gasteiger partial charge in [0.1, 0.15) is 17.2 Å². The summed E-state index contributed by atoms with van der Waals surface area (Å²) in [6.07, 6.45) is -0.688. The number of carbonyl (C=O) groups excluding carboxylic acids is 2. The number of halogens is 1. The van der Waals surface area contributed by atoms with E-state index in [1.165, 1.54) is 16.7 Å². The number of rotatable bonds is 5. The molecule has 0 bridgehead atoms. The number of hydrogen-bond donors (Lipinski definition) is 3. The third kappa shape index (κ3) is 5.89. The Hall–Kier alpha value is -3.95. The molecule has 9 nitrogen and oxygen atoms in total. The molecule has 0 aliphatic carbocycles. The van der Waals surface area contributed by atoms with E-state index in [4.69, 9.17) is 4.74 Å². The smallest absolute Gasteiger partial charge is 0.408 e. The second kappa shape index (κ2) is 9.90. The zero-order chi connectivity index (χ0) is 25.0. The number of ether oxygens (including phenoxy) is 1. The Kier molecular flexibility index (Phi) is 7.19. The summed E-state index contributed by atoms with van der Waals surface area (Å²) in [5, 5.41) is 8.22. The van der Waals surface area contributed by atoms with Crippen molar-refractivity contribution in [3.05, 3.63) is 64.5 Å². The van der Waals surface area contributed by atoms with E-state index < -0.39 is 29.1 Å². The molecule has 0 aliphatic rings. The summed E-state index contributed by atoms with van der Waals surface area (Å²) in [6.45, 7) is 9.09. The normalized spacial score (nSPS) is 12.2. The van der Waals surface area contributed by atoms with Crippen LogP contribution in [0.5, 0.6) is 0 Å². The van der Waals surface area contributed by atoms with Crippen molar-refractivity contribution < 1.29 is 18.7 Å². The summed E-state index contributed by atoms with van der Waals surface area (Å²) < 4.78 is 20.5. The van der Waals surface area contributed by atoms with Crippen LogP contribution in [0.3, 0.4) is 0 Å². The van der Waals surface area contributed by atoms with Crippen molar-refractivity contribution in [1.82, 2.24) is 20.2 Å². The number of nitrogens with one attached hydrogen (secondary N) is 3. The molecule has 3 N–H and O–H groups in total. The molecule has 0 unspecified atom stereocenters. The van der Waals surface area contributed by atoms with E-state index >= 15 is 0 Å². The monoisotopic (exact) mass is 469 g/mol. The van der Waals surface area contributed by atoms with Crippen LogP contribution in [0.2, 0.25) is 0 Å². The fourth-order valence-electron chi connectivity index (χ4n) is 3.32. The van der Waals surface area contributed by atoms with Crippen molar-refractivity contribution in [2.75, 3.05) is 11.9 Å². The molecule has 0 saturated carbocycles. The first-order valence-electron chi connectivity index (χ1n) is 10.9. The summed E-state index contributed by atoms with van der Waals surface area (Å²) in [4.78, 5) is 42.3. The summed E-state index contributed by atoms with van der Waals surface area (Å²) >= 11 is 0. The van der Waals surface area contributed by atoms with E-state index in [0.29, 0.717) is 17.9 Å². The molecule has 34 heavy (non-hydrogen) atoms. The summed E-state index contributed by atoms with van der Waals surface area (Å²) in [7, 11) is 0. The van der Waals surface area contributed by atoms with Crippen molar-refractivity contribution >= 4 is 28.7 Å². The lowest BCUT2D eigenvalue weighted by molar-refractivity contribution is 0.0505. The second-order valence-electron chi connectivity index (χ2n) is 8.67. The molecule has 0 spiro atoms. The minimum absolute atomic E-state index is 0.158. The lowest BCUT2D eigenvalue weighted by atomic mass is 10.2. The third-order valence-corrected chi connectivity index (χ3v) is 4.68. The van der Waals surface area contributed by atoms with E-state index in [9.17, 15) is 18.8 Å². The summed E-state index contributed by atoms with van der Waals surface area (Å²) in [5.74, 6) is -0.367. The molecule has 0 fully saturated rings. The number of amides is 3. The number of urea groups is 1. The van der Waals surface area contributed by atoms with Crippen LogP contribution in [0.1, 0.15) is 46.5 Å². The van der Waals surface area contributed by atoms with Gasteiger partial charge in [0.25, 0.3) is 5.56 Å². The highest BCUT2D eigenvalue weighted by Crippen LogP contribution is 2.21. The quantitative estimate of drug-likeness (QED) is 0.517. The van der Waals surface area contributed by atoms with E-state index in [-0.39, 0.29) is 22.8 Å². The summed E-state index contributed by atoms with van der Waals surface area (Å²) in [6, 6.07) is 9.19. The zero-order valence-electron chi connectivity index (χ0n) is 19.7. The van der Waals surface area contributed by atoms with E-state index in [2.05, 4.69) is 20.9 Å². The largest absolute Gasteiger partial charge is 0.444 e. The number of fused-ring (bicyclic) bond motifs is 1. The van der Waals surface area contributed by atoms with Gasteiger partial charge in [-0.05, 0) is 65.0 Å². The highest BCUT2D eigenvalue weighted by Gasteiger charge is 2.23. The molecule has 180 valence electrons. The first-order chi connectivity index (χ1) is 16.0. The van der Waals surface area contributed by atoms with Crippen LogP contribution in [0.4, 0.5) is 19.7 Å². The molecule has 0 radical (unpaired) electrons. The van der Waals surface area contributed by atoms with Gasteiger partial charge in [-0.15, -0.1) is 0 Å². The van der Waals surface area contributed by atoms with Crippen LogP contribution >= 0.6 is 0 Å². The van der Waals surface area contributed by atoms with Gasteiger partial charge in [-0.1, -0.05) is 6.07 Å². The van der Waals surface area contributed by atoms with E-state index in [0.717, 1.165) is 6.07 Å². The van der Waals surface area contributed by atoms with Crippen LogP contribution in [-0.4, -0.2) is 33.8 Å². The topological polar surface area (TPSA) is 114 Å². The van der Waals surface area contributed by atoms with Gasteiger partial charge in [0, 0.05) is 18.3 Å². The number of benzene rings is 2. The number of carbonyl (C=O) groups is 2. The number of alkyl carbamates (subject to hydrolysis) is 1. The molecule has 1 atom stereocenters. The number of nitrogens with zero attached hydrogens (tertiary/aromatic N) is 2. The second-order valence-corrected chi connectivity index (χ2v) is 8.67. The minimum atomic E-state index is -0.768. The molecule has 3 amide bonds. The van der Waals surface area contributed by atoms with Gasteiger partial charge < -0.3 is 20.7 Å². The maximum absolute atomic E-state index is 13.9. The highest BCUT2D eigenvalue weighted by atomic mass is 19.1. The molecule has 3 rings (SSSR count). The molecular weight excluding hydrogens is 441 g/mol. The van der Waals surface area contributed by atoms with Crippen molar-refractivity contribution in [3.63, 3.8) is 0 Å². The van der Waals surface area contributed by atoms with Crippen molar-refractivity contribution in [2.45, 2.75) is 46.3 Å². The molecule has 10 heteroatoms. The highest BCUT2D eigenvalue weighted by molar-refractivity contribution is 5.89. The molecule has 0 aliphatic heterocycles. The van der Waals surface area contributed by atoms with E-state index in [1.54, 1.807) is 58.9 Å². The van der Waals surface area contributed by atoms with Crippen LogP contribution < -0.4 is 21.5 Å². The van der Waals surface area contributed by atoms with Gasteiger partial charge >= 0.3 is 12.1 Å². The Labute approximate surface area is 196 Å². The lowest BCUT2D eigenvalue weighted by Gasteiger charge is -2.23.